The highest BCUT2D eigenvalue weighted by Gasteiger charge is 2.20. The molecule has 1 unspecified atom stereocenters. The molecule has 0 aromatic heterocycles. The molecule has 1 aromatic rings. The van der Waals surface area contributed by atoms with Crippen molar-refractivity contribution in [2.75, 3.05) is 12.3 Å². The normalized spacial score (nSPS) is 18.3. The van der Waals surface area contributed by atoms with E-state index in [2.05, 4.69) is 11.4 Å². The molecule has 0 fully saturated rings. The van der Waals surface area contributed by atoms with Crippen molar-refractivity contribution in [3.63, 3.8) is 0 Å². The molecule has 0 aliphatic heterocycles. The predicted molar refractivity (Wildman–Crippen MR) is 90.4 cm³/mol. The van der Waals surface area contributed by atoms with E-state index in [1.165, 1.54) is 12.1 Å². The van der Waals surface area contributed by atoms with Crippen molar-refractivity contribution in [2.45, 2.75) is 45.6 Å². The summed E-state index contributed by atoms with van der Waals surface area (Å²) in [5, 5.41) is 2.81. The number of rotatable bonds is 3. The number of benzene rings is 1. The van der Waals surface area contributed by atoms with E-state index in [-0.39, 0.29) is 11.9 Å². The second-order valence-electron chi connectivity index (χ2n) is 6.98. The minimum atomic E-state index is -0.487. The summed E-state index contributed by atoms with van der Waals surface area (Å²) >= 11 is 0. The highest BCUT2D eigenvalue weighted by molar-refractivity contribution is 5.75. The van der Waals surface area contributed by atoms with E-state index in [9.17, 15) is 9.18 Å². The number of hydrogen-bond acceptors (Lipinski definition) is 3. The molecule has 5 heteroatoms. The summed E-state index contributed by atoms with van der Waals surface area (Å²) in [6.07, 6.45) is 4.30. The fourth-order valence-electron chi connectivity index (χ4n) is 2.67. The smallest absolute Gasteiger partial charge is 0.407 e. The number of hydrogen-bond donors (Lipinski definition) is 2. The van der Waals surface area contributed by atoms with Crippen molar-refractivity contribution < 1.29 is 13.9 Å². The summed E-state index contributed by atoms with van der Waals surface area (Å²) in [5.41, 5.74) is 7.90. The molecule has 0 saturated carbocycles. The van der Waals surface area contributed by atoms with Gasteiger partial charge in [-0.1, -0.05) is 6.08 Å². The summed E-state index contributed by atoms with van der Waals surface area (Å²) in [6.45, 7) is 6.10. The molecule has 4 nitrogen and oxygen atoms in total. The third-order valence-electron chi connectivity index (χ3n) is 3.81. The maximum atomic E-state index is 13.4. The lowest BCUT2D eigenvalue weighted by atomic mass is 9.86. The number of halogens is 1. The van der Waals surface area contributed by atoms with E-state index in [1.807, 2.05) is 20.8 Å². The number of alkyl carbamates (subject to hydrolysis) is 1. The first-order chi connectivity index (χ1) is 10.7. The van der Waals surface area contributed by atoms with Crippen LogP contribution in [-0.4, -0.2) is 18.2 Å². The topological polar surface area (TPSA) is 64.3 Å². The molecule has 2 rings (SSSR count). The van der Waals surface area contributed by atoms with Gasteiger partial charge in [0.25, 0.3) is 0 Å². The van der Waals surface area contributed by atoms with E-state index in [0.29, 0.717) is 18.2 Å². The van der Waals surface area contributed by atoms with E-state index in [1.54, 1.807) is 6.07 Å². The van der Waals surface area contributed by atoms with Gasteiger partial charge in [0.05, 0.1) is 0 Å². The SMILES string of the molecule is CC(C)(C)OC(=O)NCC1CC=C(c2cc(F)ccc2N)CC1. The first-order valence-corrected chi connectivity index (χ1v) is 7.96. The number of allylic oxidation sites excluding steroid dienone is 2. The number of amides is 1. The summed E-state index contributed by atoms with van der Waals surface area (Å²) in [5.74, 6) is 0.0878. The Bertz CT molecular complexity index is 606. The predicted octanol–water partition coefficient (Wildman–Crippen LogP) is 4.12. The Morgan fingerprint density at radius 1 is 1.43 bits per heavy atom. The molecular weight excluding hydrogens is 295 g/mol. The van der Waals surface area contributed by atoms with E-state index < -0.39 is 5.60 Å². The maximum Gasteiger partial charge on any atom is 0.407 e. The molecule has 23 heavy (non-hydrogen) atoms. The van der Waals surface area contributed by atoms with Crippen molar-refractivity contribution in [3.8, 4) is 0 Å². The molecule has 0 bridgehead atoms. The Labute approximate surface area is 136 Å². The zero-order valence-electron chi connectivity index (χ0n) is 14.0. The molecule has 0 heterocycles. The van der Waals surface area contributed by atoms with Gasteiger partial charge in [-0.25, -0.2) is 9.18 Å². The van der Waals surface area contributed by atoms with E-state index >= 15 is 0 Å². The molecule has 1 amide bonds. The molecule has 0 saturated heterocycles. The van der Waals surface area contributed by atoms with Crippen LogP contribution in [0, 0.1) is 11.7 Å². The number of carbonyl (C=O) groups is 1. The summed E-state index contributed by atoms with van der Waals surface area (Å²) < 4.78 is 18.6. The number of nitrogens with two attached hydrogens (primary N) is 1. The number of nitrogen functional groups attached to an aromatic ring is 1. The third-order valence-corrected chi connectivity index (χ3v) is 3.81. The van der Waals surface area contributed by atoms with E-state index in [4.69, 9.17) is 10.5 Å². The van der Waals surface area contributed by atoms with Gasteiger partial charge in [-0.05, 0) is 69.7 Å². The summed E-state index contributed by atoms with van der Waals surface area (Å²) in [4.78, 5) is 11.7. The van der Waals surface area contributed by atoms with Crippen molar-refractivity contribution >= 4 is 17.4 Å². The van der Waals surface area contributed by atoms with Crippen LogP contribution in [0.2, 0.25) is 0 Å². The lowest BCUT2D eigenvalue weighted by molar-refractivity contribution is 0.0518. The molecule has 1 aliphatic carbocycles. The van der Waals surface area contributed by atoms with Gasteiger partial charge in [0, 0.05) is 17.8 Å². The third kappa shape index (κ3) is 5.27. The van der Waals surface area contributed by atoms with Crippen molar-refractivity contribution in [3.05, 3.63) is 35.7 Å². The minimum absolute atomic E-state index is 0.274. The van der Waals surface area contributed by atoms with Crippen molar-refractivity contribution in [1.29, 1.82) is 0 Å². The number of nitrogens with one attached hydrogen (secondary N) is 1. The van der Waals surface area contributed by atoms with Crippen LogP contribution in [-0.2, 0) is 4.74 Å². The fraction of sp³-hybridized carbons (Fsp3) is 0.500. The number of anilines is 1. The second kappa shape index (κ2) is 7.02. The molecular formula is C18H25FN2O2. The molecule has 1 aromatic carbocycles. The highest BCUT2D eigenvalue weighted by atomic mass is 19.1. The lowest BCUT2D eigenvalue weighted by Gasteiger charge is -2.24. The first kappa shape index (κ1) is 17.3. The largest absolute Gasteiger partial charge is 0.444 e. The number of ether oxygens (including phenoxy) is 1. The van der Waals surface area contributed by atoms with Gasteiger partial charge in [-0.2, -0.15) is 0 Å². The average Bonchev–Trinajstić information content (AvgIpc) is 2.46. The quantitative estimate of drug-likeness (QED) is 0.824. The van der Waals surface area contributed by atoms with Crippen LogP contribution in [0.3, 0.4) is 0 Å². The Morgan fingerprint density at radius 2 is 2.17 bits per heavy atom. The molecule has 1 aliphatic rings. The van der Waals surface area contributed by atoms with Crippen LogP contribution in [0.1, 0.15) is 45.6 Å². The van der Waals surface area contributed by atoms with Crippen LogP contribution < -0.4 is 11.1 Å². The van der Waals surface area contributed by atoms with Crippen LogP contribution in [0.25, 0.3) is 5.57 Å². The van der Waals surface area contributed by atoms with Gasteiger partial charge < -0.3 is 15.8 Å². The highest BCUT2D eigenvalue weighted by Crippen LogP contribution is 2.33. The van der Waals surface area contributed by atoms with Crippen molar-refractivity contribution in [1.82, 2.24) is 5.32 Å². The summed E-state index contributed by atoms with van der Waals surface area (Å²) in [6, 6.07) is 4.46. The van der Waals surface area contributed by atoms with Gasteiger partial charge in [0.1, 0.15) is 11.4 Å². The van der Waals surface area contributed by atoms with Crippen molar-refractivity contribution in [2.24, 2.45) is 5.92 Å². The molecule has 0 radical (unpaired) electrons. The lowest BCUT2D eigenvalue weighted by Crippen LogP contribution is -2.35. The second-order valence-corrected chi connectivity index (χ2v) is 6.98. The molecule has 0 spiro atoms. The van der Waals surface area contributed by atoms with Gasteiger partial charge >= 0.3 is 6.09 Å². The Kier molecular flexibility index (Phi) is 5.29. The Hall–Kier alpha value is -2.04. The van der Waals surface area contributed by atoms with Crippen LogP contribution >= 0.6 is 0 Å². The fourth-order valence-corrected chi connectivity index (χ4v) is 2.67. The Balaban J connectivity index is 1.89. The van der Waals surface area contributed by atoms with Gasteiger partial charge in [-0.3, -0.25) is 0 Å². The number of carbonyl (C=O) groups excluding carboxylic acids is 1. The van der Waals surface area contributed by atoms with Gasteiger partial charge in [0.15, 0.2) is 0 Å². The monoisotopic (exact) mass is 320 g/mol. The molecule has 3 N–H and O–H groups in total. The Morgan fingerprint density at radius 3 is 2.78 bits per heavy atom. The maximum absolute atomic E-state index is 13.4. The van der Waals surface area contributed by atoms with Gasteiger partial charge in [0.2, 0.25) is 0 Å². The zero-order valence-corrected chi connectivity index (χ0v) is 14.0. The van der Waals surface area contributed by atoms with Gasteiger partial charge in [-0.15, -0.1) is 0 Å². The van der Waals surface area contributed by atoms with Crippen LogP contribution in [0.15, 0.2) is 24.3 Å². The van der Waals surface area contributed by atoms with Crippen LogP contribution in [0.4, 0.5) is 14.9 Å². The van der Waals surface area contributed by atoms with E-state index in [0.717, 1.165) is 30.4 Å². The molecule has 1 atom stereocenters. The zero-order chi connectivity index (χ0) is 17.0. The standard InChI is InChI=1S/C18H25FN2O2/c1-18(2,3)23-17(22)21-11-12-4-6-13(7-5-12)15-10-14(19)8-9-16(15)20/h6,8-10,12H,4-5,7,11,20H2,1-3H3,(H,21,22). The van der Waals surface area contributed by atoms with Crippen LogP contribution in [0.5, 0.6) is 0 Å². The first-order valence-electron chi connectivity index (χ1n) is 7.96. The minimum Gasteiger partial charge on any atom is -0.444 e. The molecule has 126 valence electrons. The summed E-state index contributed by atoms with van der Waals surface area (Å²) in [7, 11) is 0. The average molecular weight is 320 g/mol.